The van der Waals surface area contributed by atoms with Crippen molar-refractivity contribution in [2.75, 3.05) is 29.3 Å². The van der Waals surface area contributed by atoms with Crippen LogP contribution in [-0.4, -0.2) is 44.8 Å². The van der Waals surface area contributed by atoms with Gasteiger partial charge in [0.2, 0.25) is 5.91 Å². The van der Waals surface area contributed by atoms with Gasteiger partial charge in [0.1, 0.15) is 6.54 Å². The molecule has 1 aliphatic rings. The maximum absolute atomic E-state index is 13.7. The van der Waals surface area contributed by atoms with Gasteiger partial charge < -0.3 is 10.2 Å². The van der Waals surface area contributed by atoms with Crippen LogP contribution in [0.5, 0.6) is 0 Å². The van der Waals surface area contributed by atoms with Crippen LogP contribution in [0.2, 0.25) is 0 Å². The summed E-state index contributed by atoms with van der Waals surface area (Å²) >= 11 is 0. The molecule has 0 aliphatic carbocycles. The van der Waals surface area contributed by atoms with E-state index in [0.29, 0.717) is 30.0 Å². The number of nitrogens with zero attached hydrogens (tertiary/aromatic N) is 2. The smallest absolute Gasteiger partial charge is 0.264 e. The van der Waals surface area contributed by atoms with Gasteiger partial charge in [-0.05, 0) is 69.0 Å². The van der Waals surface area contributed by atoms with Crippen LogP contribution in [0.4, 0.5) is 11.4 Å². The molecule has 0 bridgehead atoms. The number of para-hydroxylation sites is 2. The number of aryl methyl sites for hydroxylation is 2. The molecule has 3 aromatic rings. The number of carbonyl (C=O) groups excluding carboxylic acids is 2. The number of likely N-dealkylation sites (tertiary alicyclic amines) is 1. The second kappa shape index (κ2) is 11.0. The minimum atomic E-state index is -4.03. The molecule has 188 valence electrons. The maximum atomic E-state index is 13.7. The maximum Gasteiger partial charge on any atom is 0.264 e. The summed E-state index contributed by atoms with van der Waals surface area (Å²) in [5, 5.41) is 2.79. The van der Waals surface area contributed by atoms with Crippen LogP contribution in [0.1, 0.15) is 40.7 Å². The number of benzene rings is 3. The van der Waals surface area contributed by atoms with Gasteiger partial charge in [-0.25, -0.2) is 8.42 Å². The van der Waals surface area contributed by atoms with E-state index in [1.165, 1.54) is 0 Å². The van der Waals surface area contributed by atoms with E-state index in [4.69, 9.17) is 0 Å². The number of amides is 2. The molecule has 8 heteroatoms. The lowest BCUT2D eigenvalue weighted by Crippen LogP contribution is -2.39. The summed E-state index contributed by atoms with van der Waals surface area (Å²) in [6.45, 7) is 4.63. The van der Waals surface area contributed by atoms with Crippen molar-refractivity contribution in [2.45, 2.75) is 38.0 Å². The van der Waals surface area contributed by atoms with Gasteiger partial charge in [-0.1, -0.05) is 48.0 Å². The van der Waals surface area contributed by atoms with E-state index >= 15 is 0 Å². The number of anilines is 2. The molecule has 1 N–H and O–H groups in total. The molecule has 3 aromatic carbocycles. The summed E-state index contributed by atoms with van der Waals surface area (Å²) in [5.74, 6) is -0.665. The Balaban J connectivity index is 1.62. The van der Waals surface area contributed by atoms with Gasteiger partial charge >= 0.3 is 0 Å². The number of sulfonamides is 1. The lowest BCUT2D eigenvalue weighted by molar-refractivity contribution is -0.114. The first-order valence-corrected chi connectivity index (χ1v) is 13.5. The van der Waals surface area contributed by atoms with Crippen molar-refractivity contribution in [3.8, 4) is 0 Å². The molecule has 1 heterocycles. The number of rotatable bonds is 7. The average molecular weight is 506 g/mol. The molecule has 36 heavy (non-hydrogen) atoms. The second-order valence-corrected chi connectivity index (χ2v) is 10.9. The Labute approximate surface area is 212 Å². The summed E-state index contributed by atoms with van der Waals surface area (Å²) in [4.78, 5) is 28.3. The van der Waals surface area contributed by atoms with Crippen LogP contribution in [-0.2, 0) is 14.8 Å². The lowest BCUT2D eigenvalue weighted by atomic mass is 10.1. The largest absolute Gasteiger partial charge is 0.339 e. The summed E-state index contributed by atoms with van der Waals surface area (Å²) in [7, 11) is -4.03. The number of nitrogens with one attached hydrogen (secondary N) is 1. The van der Waals surface area contributed by atoms with Crippen molar-refractivity contribution in [1.29, 1.82) is 0 Å². The Hall–Kier alpha value is -3.65. The highest BCUT2D eigenvalue weighted by molar-refractivity contribution is 7.92. The van der Waals surface area contributed by atoms with Crippen LogP contribution < -0.4 is 9.62 Å². The first-order valence-electron chi connectivity index (χ1n) is 12.1. The molecule has 1 saturated heterocycles. The lowest BCUT2D eigenvalue weighted by Gasteiger charge is -2.28. The van der Waals surface area contributed by atoms with Gasteiger partial charge in [0.05, 0.1) is 21.8 Å². The Kier molecular flexibility index (Phi) is 7.74. The highest BCUT2D eigenvalue weighted by Crippen LogP contribution is 2.27. The molecule has 0 unspecified atom stereocenters. The molecule has 0 atom stereocenters. The minimum absolute atomic E-state index is 0.102. The monoisotopic (exact) mass is 505 g/mol. The Morgan fingerprint density at radius 1 is 0.861 bits per heavy atom. The molecule has 0 saturated carbocycles. The fourth-order valence-electron chi connectivity index (χ4n) is 4.35. The molecular weight excluding hydrogens is 474 g/mol. The van der Waals surface area contributed by atoms with Crippen LogP contribution >= 0.6 is 0 Å². The van der Waals surface area contributed by atoms with Gasteiger partial charge in [0, 0.05) is 13.1 Å². The second-order valence-electron chi connectivity index (χ2n) is 9.06. The number of piperidine rings is 1. The van der Waals surface area contributed by atoms with E-state index < -0.39 is 22.5 Å². The van der Waals surface area contributed by atoms with Crippen LogP contribution in [0.25, 0.3) is 0 Å². The van der Waals surface area contributed by atoms with E-state index in [0.717, 1.165) is 34.7 Å². The molecule has 0 radical (unpaired) electrons. The summed E-state index contributed by atoms with van der Waals surface area (Å²) in [5.41, 5.74) is 2.85. The third-order valence-electron chi connectivity index (χ3n) is 6.36. The SMILES string of the molecule is Cc1ccc(S(=O)(=O)N(CC(=O)Nc2ccccc2C(=O)N2CCCCC2)c2ccccc2C)cc1. The molecule has 7 nitrogen and oxygen atoms in total. The van der Waals surface area contributed by atoms with Crippen molar-refractivity contribution >= 4 is 33.2 Å². The van der Waals surface area contributed by atoms with Gasteiger partial charge in [0.25, 0.3) is 15.9 Å². The van der Waals surface area contributed by atoms with Crippen molar-refractivity contribution in [3.05, 3.63) is 89.5 Å². The van der Waals surface area contributed by atoms with E-state index in [1.54, 1.807) is 78.6 Å². The number of hydrogen-bond acceptors (Lipinski definition) is 4. The first kappa shape index (κ1) is 25.4. The van der Waals surface area contributed by atoms with E-state index in [2.05, 4.69) is 5.32 Å². The summed E-state index contributed by atoms with van der Waals surface area (Å²) in [6.07, 6.45) is 3.03. The van der Waals surface area contributed by atoms with E-state index in [-0.39, 0.29) is 10.8 Å². The highest BCUT2D eigenvalue weighted by atomic mass is 32.2. The quantitative estimate of drug-likeness (QED) is 0.501. The zero-order valence-electron chi connectivity index (χ0n) is 20.6. The van der Waals surface area contributed by atoms with Gasteiger partial charge in [-0.3, -0.25) is 13.9 Å². The third kappa shape index (κ3) is 5.60. The predicted octanol–water partition coefficient (Wildman–Crippen LogP) is 4.76. The molecule has 0 spiro atoms. The standard InChI is InChI=1S/C28H31N3O4S/c1-21-14-16-23(17-15-21)36(34,35)31(26-13-7-4-10-22(26)2)20-27(32)29-25-12-6-5-11-24(25)28(33)30-18-8-3-9-19-30/h4-7,10-17H,3,8-9,18-20H2,1-2H3,(H,29,32). The van der Waals surface area contributed by atoms with E-state index in [1.807, 2.05) is 13.0 Å². The summed E-state index contributed by atoms with van der Waals surface area (Å²) in [6, 6.07) is 20.4. The topological polar surface area (TPSA) is 86.8 Å². The Bertz CT molecular complexity index is 1350. The molecule has 0 aromatic heterocycles. The fourth-order valence-corrected chi connectivity index (χ4v) is 5.83. The molecular formula is C28H31N3O4S. The van der Waals surface area contributed by atoms with Crippen LogP contribution in [0.3, 0.4) is 0 Å². The normalized spacial score (nSPS) is 13.8. The van der Waals surface area contributed by atoms with Crippen molar-refractivity contribution < 1.29 is 18.0 Å². The number of carbonyl (C=O) groups is 2. The van der Waals surface area contributed by atoms with Crippen molar-refractivity contribution in [3.63, 3.8) is 0 Å². The Morgan fingerprint density at radius 3 is 2.19 bits per heavy atom. The zero-order valence-corrected chi connectivity index (χ0v) is 21.4. The van der Waals surface area contributed by atoms with Gasteiger partial charge in [-0.2, -0.15) is 0 Å². The van der Waals surface area contributed by atoms with E-state index in [9.17, 15) is 18.0 Å². The molecule has 2 amide bonds. The first-order chi connectivity index (χ1) is 17.3. The van der Waals surface area contributed by atoms with Gasteiger partial charge in [0.15, 0.2) is 0 Å². The van der Waals surface area contributed by atoms with Crippen molar-refractivity contribution in [2.24, 2.45) is 0 Å². The third-order valence-corrected chi connectivity index (χ3v) is 8.13. The van der Waals surface area contributed by atoms with Crippen molar-refractivity contribution in [1.82, 2.24) is 4.90 Å². The predicted molar refractivity (Wildman–Crippen MR) is 142 cm³/mol. The summed E-state index contributed by atoms with van der Waals surface area (Å²) < 4.78 is 28.4. The Morgan fingerprint density at radius 2 is 1.50 bits per heavy atom. The minimum Gasteiger partial charge on any atom is -0.339 e. The van der Waals surface area contributed by atoms with Crippen LogP contribution in [0, 0.1) is 13.8 Å². The number of hydrogen-bond donors (Lipinski definition) is 1. The fraction of sp³-hybridized carbons (Fsp3) is 0.286. The molecule has 4 rings (SSSR count). The molecule has 1 aliphatic heterocycles. The average Bonchev–Trinajstić information content (AvgIpc) is 2.88. The van der Waals surface area contributed by atoms with Gasteiger partial charge in [-0.15, -0.1) is 0 Å². The highest BCUT2D eigenvalue weighted by Gasteiger charge is 2.29. The molecule has 1 fully saturated rings. The zero-order chi connectivity index (χ0) is 25.7. The van der Waals surface area contributed by atoms with Crippen LogP contribution in [0.15, 0.2) is 77.7 Å².